The standard InChI is InChI=1S/C3H6O5S/c4-1-3(5)2-9(6,7)8/h1,3,5H,2H2,(H,6,7,8)/p-1/t3-/m1/s1. The molecule has 0 amide bonds. The Kier molecular flexibility index (Phi) is 2.75. The van der Waals surface area contributed by atoms with E-state index in [1.807, 2.05) is 0 Å². The highest BCUT2D eigenvalue weighted by molar-refractivity contribution is 7.85. The van der Waals surface area contributed by atoms with Gasteiger partial charge in [-0.3, -0.25) is 0 Å². The van der Waals surface area contributed by atoms with Crippen LogP contribution in [0.1, 0.15) is 0 Å². The van der Waals surface area contributed by atoms with Gasteiger partial charge in [0.15, 0.2) is 0 Å². The second-order valence-corrected chi connectivity index (χ2v) is 2.88. The Hall–Kier alpha value is -0.460. The van der Waals surface area contributed by atoms with Crippen LogP contribution in [-0.4, -0.2) is 36.2 Å². The quantitative estimate of drug-likeness (QED) is 0.377. The van der Waals surface area contributed by atoms with Crippen molar-refractivity contribution in [1.29, 1.82) is 0 Å². The molecule has 0 aliphatic heterocycles. The van der Waals surface area contributed by atoms with Crippen molar-refractivity contribution < 1.29 is 22.9 Å². The molecule has 0 spiro atoms. The minimum atomic E-state index is -4.47. The number of aliphatic hydroxyl groups excluding tert-OH is 1. The van der Waals surface area contributed by atoms with Crippen LogP contribution in [0.15, 0.2) is 0 Å². The van der Waals surface area contributed by atoms with E-state index in [4.69, 9.17) is 5.11 Å². The molecule has 0 aliphatic carbocycles. The van der Waals surface area contributed by atoms with Gasteiger partial charge in [-0.2, -0.15) is 0 Å². The van der Waals surface area contributed by atoms with E-state index < -0.39 is 22.0 Å². The smallest absolute Gasteiger partial charge is 0.149 e. The zero-order valence-corrected chi connectivity index (χ0v) is 5.17. The molecule has 1 N–H and O–H groups in total. The van der Waals surface area contributed by atoms with Crippen LogP contribution in [0.3, 0.4) is 0 Å². The number of carbonyl (C=O) groups excluding carboxylic acids is 1. The van der Waals surface area contributed by atoms with E-state index in [2.05, 4.69) is 0 Å². The van der Waals surface area contributed by atoms with E-state index in [0.717, 1.165) is 0 Å². The summed E-state index contributed by atoms with van der Waals surface area (Å²) in [7, 11) is -4.47. The molecule has 0 saturated heterocycles. The van der Waals surface area contributed by atoms with Crippen molar-refractivity contribution in [2.24, 2.45) is 0 Å². The summed E-state index contributed by atoms with van der Waals surface area (Å²) in [5.74, 6) is -1.05. The Balaban J connectivity index is 3.89. The minimum absolute atomic E-state index is 0.00451. The number of aldehydes is 1. The molecule has 0 heterocycles. The molecule has 5 nitrogen and oxygen atoms in total. The Morgan fingerprint density at radius 1 is 1.67 bits per heavy atom. The molecule has 0 bridgehead atoms. The zero-order chi connectivity index (χ0) is 7.49. The van der Waals surface area contributed by atoms with Gasteiger partial charge in [0, 0.05) is 0 Å². The fourth-order valence-electron chi connectivity index (χ4n) is 0.248. The van der Waals surface area contributed by atoms with Crippen LogP contribution < -0.4 is 0 Å². The van der Waals surface area contributed by atoms with Crippen molar-refractivity contribution in [2.75, 3.05) is 5.75 Å². The van der Waals surface area contributed by atoms with Crippen molar-refractivity contribution in [2.45, 2.75) is 6.10 Å². The highest BCUT2D eigenvalue weighted by Crippen LogP contribution is 1.84. The predicted octanol–water partition coefficient (Wildman–Crippen LogP) is -1.91. The topological polar surface area (TPSA) is 94.5 Å². The summed E-state index contributed by atoms with van der Waals surface area (Å²) in [5, 5.41) is 8.25. The average molecular weight is 153 g/mol. The highest BCUT2D eigenvalue weighted by atomic mass is 32.2. The Morgan fingerprint density at radius 3 is 2.22 bits per heavy atom. The maximum absolute atomic E-state index is 9.73. The fourth-order valence-corrected chi connectivity index (χ4v) is 0.745. The number of carbonyl (C=O) groups is 1. The molecule has 0 radical (unpaired) electrons. The summed E-state index contributed by atoms with van der Waals surface area (Å²) in [5.41, 5.74) is 0. The van der Waals surface area contributed by atoms with Gasteiger partial charge in [-0.25, -0.2) is 8.42 Å². The molecule has 1 atom stereocenters. The van der Waals surface area contributed by atoms with Crippen molar-refractivity contribution >= 4 is 16.4 Å². The lowest BCUT2D eigenvalue weighted by Gasteiger charge is -2.06. The first-order chi connectivity index (χ1) is 3.95. The first kappa shape index (κ1) is 8.54. The third kappa shape index (κ3) is 5.41. The van der Waals surface area contributed by atoms with Crippen LogP contribution in [-0.2, 0) is 14.9 Å². The number of rotatable bonds is 3. The molecule has 9 heavy (non-hydrogen) atoms. The summed E-state index contributed by atoms with van der Waals surface area (Å²) >= 11 is 0. The Labute approximate surface area is 52.1 Å². The van der Waals surface area contributed by atoms with Gasteiger partial charge in [-0.15, -0.1) is 0 Å². The summed E-state index contributed by atoms with van der Waals surface area (Å²) in [6.45, 7) is 0. The molecule has 0 unspecified atom stereocenters. The average Bonchev–Trinajstić information content (AvgIpc) is 1.62. The number of hydrogen-bond donors (Lipinski definition) is 1. The first-order valence-corrected chi connectivity index (χ1v) is 3.60. The van der Waals surface area contributed by atoms with Gasteiger partial charge in [-0.1, -0.05) is 0 Å². The van der Waals surface area contributed by atoms with Gasteiger partial charge in [0.25, 0.3) is 0 Å². The summed E-state index contributed by atoms with van der Waals surface area (Å²) in [6.07, 6.45) is -1.69. The van der Waals surface area contributed by atoms with E-state index >= 15 is 0 Å². The maximum Gasteiger partial charge on any atom is 0.149 e. The lowest BCUT2D eigenvalue weighted by atomic mass is 10.5. The zero-order valence-electron chi connectivity index (χ0n) is 4.35. The molecular weight excluding hydrogens is 148 g/mol. The number of aliphatic hydroxyl groups is 1. The van der Waals surface area contributed by atoms with Gasteiger partial charge in [0.2, 0.25) is 0 Å². The van der Waals surface area contributed by atoms with Crippen LogP contribution in [0, 0.1) is 0 Å². The van der Waals surface area contributed by atoms with E-state index in [1.54, 1.807) is 0 Å². The van der Waals surface area contributed by atoms with Gasteiger partial charge in [0.05, 0.1) is 15.9 Å². The summed E-state index contributed by atoms with van der Waals surface area (Å²) in [4.78, 5) is 9.53. The molecule has 0 rings (SSSR count). The molecule has 0 aromatic rings. The van der Waals surface area contributed by atoms with E-state index in [9.17, 15) is 17.8 Å². The first-order valence-electron chi connectivity index (χ1n) is 2.02. The van der Waals surface area contributed by atoms with E-state index in [-0.39, 0.29) is 6.29 Å². The molecular formula is C3H5O5S-. The largest absolute Gasteiger partial charge is 0.748 e. The predicted molar refractivity (Wildman–Crippen MR) is 26.6 cm³/mol. The molecule has 0 aliphatic rings. The summed E-state index contributed by atoms with van der Waals surface area (Å²) < 4.78 is 29.2. The second-order valence-electron chi connectivity index (χ2n) is 1.43. The SMILES string of the molecule is O=C[C@@H](O)CS(=O)(=O)[O-]. The molecule has 54 valence electrons. The van der Waals surface area contributed by atoms with Gasteiger partial charge < -0.3 is 14.5 Å². The number of hydrogen-bond acceptors (Lipinski definition) is 5. The van der Waals surface area contributed by atoms with Crippen LogP contribution in [0.4, 0.5) is 0 Å². The highest BCUT2D eigenvalue weighted by Gasteiger charge is 2.04. The van der Waals surface area contributed by atoms with Crippen molar-refractivity contribution in [3.8, 4) is 0 Å². The molecule has 0 aromatic carbocycles. The third-order valence-corrected chi connectivity index (χ3v) is 1.28. The van der Waals surface area contributed by atoms with Crippen molar-refractivity contribution in [3.63, 3.8) is 0 Å². The second kappa shape index (κ2) is 2.90. The molecule has 0 aromatic heterocycles. The van der Waals surface area contributed by atoms with E-state index in [1.165, 1.54) is 0 Å². The van der Waals surface area contributed by atoms with Crippen LogP contribution in [0.2, 0.25) is 0 Å². The van der Waals surface area contributed by atoms with E-state index in [0.29, 0.717) is 0 Å². The Morgan fingerprint density at radius 2 is 2.11 bits per heavy atom. The lowest BCUT2D eigenvalue weighted by molar-refractivity contribution is -0.113. The minimum Gasteiger partial charge on any atom is -0.748 e. The summed E-state index contributed by atoms with van der Waals surface area (Å²) in [6, 6.07) is 0. The van der Waals surface area contributed by atoms with Crippen LogP contribution >= 0.6 is 0 Å². The van der Waals surface area contributed by atoms with Crippen LogP contribution in [0.5, 0.6) is 0 Å². The Bertz CT molecular complexity index is 180. The molecule has 0 saturated carbocycles. The lowest BCUT2D eigenvalue weighted by Crippen LogP contribution is -2.21. The molecule has 6 heteroatoms. The van der Waals surface area contributed by atoms with Gasteiger partial charge in [-0.05, 0) is 0 Å². The molecule has 0 fully saturated rings. The van der Waals surface area contributed by atoms with Crippen molar-refractivity contribution in [1.82, 2.24) is 0 Å². The van der Waals surface area contributed by atoms with Gasteiger partial charge >= 0.3 is 0 Å². The van der Waals surface area contributed by atoms with Gasteiger partial charge in [0.1, 0.15) is 12.4 Å². The normalized spacial score (nSPS) is 14.9. The maximum atomic E-state index is 9.73. The third-order valence-electron chi connectivity index (χ3n) is 0.532. The monoisotopic (exact) mass is 153 g/mol. The fraction of sp³-hybridized carbons (Fsp3) is 0.667. The van der Waals surface area contributed by atoms with Crippen LogP contribution in [0.25, 0.3) is 0 Å². The van der Waals surface area contributed by atoms with Crippen molar-refractivity contribution in [3.05, 3.63) is 0 Å².